The quantitative estimate of drug-likeness (QED) is 0.195. The number of nitrogens with one attached hydrogen (secondary N) is 3. The molecule has 0 bridgehead atoms. The van der Waals surface area contributed by atoms with Crippen molar-refractivity contribution >= 4 is 23.2 Å². The Morgan fingerprint density at radius 1 is 1.64 bits per heavy atom. The van der Waals surface area contributed by atoms with E-state index in [1.807, 2.05) is 0 Å². The van der Waals surface area contributed by atoms with Crippen molar-refractivity contribution in [1.82, 2.24) is 16.1 Å². The average Bonchev–Trinajstić information content (AvgIpc) is 2.17. The molecule has 1 atom stereocenters. The second-order valence-corrected chi connectivity index (χ2v) is 3.03. The molecule has 0 rings (SSSR count). The summed E-state index contributed by atoms with van der Waals surface area (Å²) in [5.41, 5.74) is 2.23. The molecule has 7 heteroatoms. The van der Waals surface area contributed by atoms with E-state index < -0.39 is 6.04 Å². The third-order valence-electron chi connectivity index (χ3n) is 1.48. The lowest BCUT2D eigenvalue weighted by molar-refractivity contribution is -0.122. The molecule has 14 heavy (non-hydrogen) atoms. The van der Waals surface area contributed by atoms with Crippen LogP contribution >= 0.6 is 12.2 Å². The highest BCUT2D eigenvalue weighted by Gasteiger charge is 2.11. The number of methoxy groups -OCH3 is 1. The standard InChI is InChI=1S/C7H16N4O2S/c1-5(10-7(14)11-8)6(12)9-3-4-13-2/h5H,3-4,8H2,1-2H3,(H,9,12)(H2,10,11,14). The number of hydrogen-bond acceptors (Lipinski definition) is 4. The van der Waals surface area contributed by atoms with Gasteiger partial charge in [-0.3, -0.25) is 4.79 Å². The molecule has 6 nitrogen and oxygen atoms in total. The van der Waals surface area contributed by atoms with Gasteiger partial charge in [-0.05, 0) is 19.1 Å². The van der Waals surface area contributed by atoms with E-state index in [0.29, 0.717) is 13.2 Å². The van der Waals surface area contributed by atoms with Crippen molar-refractivity contribution in [2.75, 3.05) is 20.3 Å². The SMILES string of the molecule is COCCNC(=O)C(C)NC(=S)NN. The van der Waals surface area contributed by atoms with Gasteiger partial charge in [0.25, 0.3) is 0 Å². The van der Waals surface area contributed by atoms with Gasteiger partial charge in [0.15, 0.2) is 5.11 Å². The summed E-state index contributed by atoms with van der Waals surface area (Å²) in [5.74, 6) is 4.88. The third kappa shape index (κ3) is 5.68. The summed E-state index contributed by atoms with van der Waals surface area (Å²) in [4.78, 5) is 11.3. The zero-order valence-corrected chi connectivity index (χ0v) is 9.11. The van der Waals surface area contributed by atoms with Crippen LogP contribution in [0.1, 0.15) is 6.92 Å². The summed E-state index contributed by atoms with van der Waals surface area (Å²) in [6.07, 6.45) is 0. The molecule has 82 valence electrons. The number of carbonyl (C=O) groups is 1. The highest BCUT2D eigenvalue weighted by atomic mass is 32.1. The molecule has 0 aliphatic rings. The molecule has 0 aromatic rings. The molecule has 5 N–H and O–H groups in total. The van der Waals surface area contributed by atoms with Gasteiger partial charge < -0.3 is 20.8 Å². The van der Waals surface area contributed by atoms with E-state index in [-0.39, 0.29) is 11.0 Å². The van der Waals surface area contributed by atoms with Crippen LogP contribution in [0.25, 0.3) is 0 Å². The van der Waals surface area contributed by atoms with Crippen LogP contribution in [0.3, 0.4) is 0 Å². The van der Waals surface area contributed by atoms with E-state index in [4.69, 9.17) is 22.8 Å². The maximum absolute atomic E-state index is 11.3. The number of nitrogens with two attached hydrogens (primary N) is 1. The fourth-order valence-electron chi connectivity index (χ4n) is 0.733. The molecular formula is C7H16N4O2S. The topological polar surface area (TPSA) is 88.4 Å². The Balaban J connectivity index is 3.70. The van der Waals surface area contributed by atoms with Crippen LogP contribution in [-0.2, 0) is 9.53 Å². The minimum atomic E-state index is -0.421. The Morgan fingerprint density at radius 3 is 2.79 bits per heavy atom. The molecule has 0 aromatic carbocycles. The molecule has 0 fully saturated rings. The highest BCUT2D eigenvalue weighted by Crippen LogP contribution is 1.81. The number of rotatable bonds is 5. The maximum Gasteiger partial charge on any atom is 0.242 e. The van der Waals surface area contributed by atoms with Gasteiger partial charge in [0.1, 0.15) is 6.04 Å². The summed E-state index contributed by atoms with van der Waals surface area (Å²) in [6, 6.07) is -0.421. The molecule has 0 aliphatic carbocycles. The Labute approximate surface area is 88.5 Å². The summed E-state index contributed by atoms with van der Waals surface area (Å²) < 4.78 is 4.78. The normalized spacial score (nSPS) is 11.6. The number of thiocarbonyl (C=S) groups is 1. The zero-order chi connectivity index (χ0) is 11.0. The number of carbonyl (C=O) groups excluding carboxylic acids is 1. The first kappa shape index (κ1) is 13.1. The monoisotopic (exact) mass is 220 g/mol. The number of hydrogen-bond donors (Lipinski definition) is 4. The Morgan fingerprint density at radius 2 is 2.29 bits per heavy atom. The van der Waals surface area contributed by atoms with Gasteiger partial charge in [-0.15, -0.1) is 0 Å². The van der Waals surface area contributed by atoms with E-state index in [0.717, 1.165) is 0 Å². The van der Waals surface area contributed by atoms with Gasteiger partial charge in [-0.2, -0.15) is 0 Å². The van der Waals surface area contributed by atoms with Crippen molar-refractivity contribution < 1.29 is 9.53 Å². The molecule has 0 aliphatic heterocycles. The Hall–Kier alpha value is -0.920. The van der Waals surface area contributed by atoms with Crippen LogP contribution in [0, 0.1) is 0 Å². The van der Waals surface area contributed by atoms with E-state index >= 15 is 0 Å². The van der Waals surface area contributed by atoms with Crippen molar-refractivity contribution in [3.05, 3.63) is 0 Å². The lowest BCUT2D eigenvalue weighted by atomic mass is 10.3. The van der Waals surface area contributed by atoms with Crippen LogP contribution in [0.4, 0.5) is 0 Å². The van der Waals surface area contributed by atoms with Crippen molar-refractivity contribution in [3.8, 4) is 0 Å². The van der Waals surface area contributed by atoms with E-state index in [1.54, 1.807) is 14.0 Å². The second kappa shape index (κ2) is 7.48. The van der Waals surface area contributed by atoms with Gasteiger partial charge in [-0.1, -0.05) is 0 Å². The predicted octanol–water partition coefficient (Wildman–Crippen LogP) is -1.52. The lowest BCUT2D eigenvalue weighted by Gasteiger charge is -2.14. The van der Waals surface area contributed by atoms with Crippen LogP contribution < -0.4 is 21.9 Å². The number of amides is 1. The molecule has 0 radical (unpaired) electrons. The van der Waals surface area contributed by atoms with Crippen LogP contribution in [0.15, 0.2) is 0 Å². The smallest absolute Gasteiger partial charge is 0.242 e. The summed E-state index contributed by atoms with van der Waals surface area (Å²) >= 11 is 4.73. The van der Waals surface area contributed by atoms with Crippen molar-refractivity contribution in [2.24, 2.45) is 5.84 Å². The molecular weight excluding hydrogens is 204 g/mol. The molecule has 1 amide bonds. The van der Waals surface area contributed by atoms with Gasteiger partial charge in [-0.25, -0.2) is 5.84 Å². The highest BCUT2D eigenvalue weighted by molar-refractivity contribution is 7.80. The minimum Gasteiger partial charge on any atom is -0.383 e. The third-order valence-corrected chi connectivity index (χ3v) is 1.71. The molecule has 1 unspecified atom stereocenters. The lowest BCUT2D eigenvalue weighted by Crippen LogP contribution is -2.50. The summed E-state index contributed by atoms with van der Waals surface area (Å²) in [5, 5.41) is 5.59. The summed E-state index contributed by atoms with van der Waals surface area (Å²) in [7, 11) is 1.57. The fourth-order valence-corrected chi connectivity index (χ4v) is 0.910. The molecule has 0 aromatic heterocycles. The van der Waals surface area contributed by atoms with Gasteiger partial charge >= 0.3 is 0 Å². The van der Waals surface area contributed by atoms with Crippen LogP contribution in [0.2, 0.25) is 0 Å². The summed E-state index contributed by atoms with van der Waals surface area (Å²) in [6.45, 7) is 2.65. The molecule has 0 heterocycles. The van der Waals surface area contributed by atoms with E-state index in [2.05, 4.69) is 16.1 Å². The van der Waals surface area contributed by atoms with Gasteiger partial charge in [0, 0.05) is 13.7 Å². The average molecular weight is 220 g/mol. The van der Waals surface area contributed by atoms with E-state index in [1.165, 1.54) is 0 Å². The molecule has 0 saturated heterocycles. The van der Waals surface area contributed by atoms with E-state index in [9.17, 15) is 4.79 Å². The first-order valence-electron chi connectivity index (χ1n) is 4.15. The van der Waals surface area contributed by atoms with Crippen LogP contribution in [-0.4, -0.2) is 37.3 Å². The van der Waals surface area contributed by atoms with Crippen molar-refractivity contribution in [1.29, 1.82) is 0 Å². The maximum atomic E-state index is 11.3. The zero-order valence-electron chi connectivity index (χ0n) is 8.29. The van der Waals surface area contributed by atoms with Gasteiger partial charge in [0.05, 0.1) is 6.61 Å². The first-order valence-corrected chi connectivity index (χ1v) is 4.56. The number of ether oxygens (including phenoxy) is 1. The number of hydrazine groups is 1. The predicted molar refractivity (Wildman–Crippen MR) is 57.4 cm³/mol. The fraction of sp³-hybridized carbons (Fsp3) is 0.714. The van der Waals surface area contributed by atoms with Crippen molar-refractivity contribution in [3.63, 3.8) is 0 Å². The molecule has 0 saturated carbocycles. The second-order valence-electron chi connectivity index (χ2n) is 2.62. The Bertz CT molecular complexity index is 200. The Kier molecular flexibility index (Phi) is 6.99. The largest absolute Gasteiger partial charge is 0.383 e. The van der Waals surface area contributed by atoms with Crippen LogP contribution in [0.5, 0.6) is 0 Å². The molecule has 0 spiro atoms. The van der Waals surface area contributed by atoms with Gasteiger partial charge in [0.2, 0.25) is 5.91 Å². The minimum absolute atomic E-state index is 0.153. The first-order chi connectivity index (χ1) is 6.61. The van der Waals surface area contributed by atoms with Crippen molar-refractivity contribution in [2.45, 2.75) is 13.0 Å².